The van der Waals surface area contributed by atoms with Crippen LogP contribution in [0, 0.1) is 11.3 Å². The molecule has 72 valence electrons. The first-order valence-corrected chi connectivity index (χ1v) is 4.37. The van der Waals surface area contributed by atoms with E-state index in [9.17, 15) is 5.11 Å². The molecule has 14 heavy (non-hydrogen) atoms. The first-order valence-electron chi connectivity index (χ1n) is 4.37. The Morgan fingerprint density at radius 2 is 2.36 bits per heavy atom. The van der Waals surface area contributed by atoms with Crippen molar-refractivity contribution < 1.29 is 9.84 Å². The summed E-state index contributed by atoms with van der Waals surface area (Å²) >= 11 is 0. The van der Waals surface area contributed by atoms with Crippen LogP contribution in [0.15, 0.2) is 12.1 Å². The van der Waals surface area contributed by atoms with Crippen LogP contribution in [-0.2, 0) is 0 Å². The standard InChI is InChI=1S/C10H10N2O2/c11-5-6-3-8(13)10-7(12)1-2-14-9(10)4-6/h3-4,7,13H,1-2,12H2. The average molecular weight is 190 g/mol. The number of rotatable bonds is 0. The van der Waals surface area contributed by atoms with E-state index in [1.54, 1.807) is 6.07 Å². The van der Waals surface area contributed by atoms with Gasteiger partial charge >= 0.3 is 0 Å². The predicted molar refractivity (Wildman–Crippen MR) is 49.9 cm³/mol. The Balaban J connectivity index is 2.58. The molecule has 0 aliphatic carbocycles. The summed E-state index contributed by atoms with van der Waals surface area (Å²) in [6, 6.07) is 4.76. The summed E-state index contributed by atoms with van der Waals surface area (Å²) < 4.78 is 5.33. The van der Waals surface area contributed by atoms with Gasteiger partial charge in [-0.15, -0.1) is 0 Å². The quantitative estimate of drug-likeness (QED) is 0.640. The number of fused-ring (bicyclic) bond motifs is 1. The minimum atomic E-state index is -0.202. The molecule has 1 aromatic carbocycles. The first kappa shape index (κ1) is 8.85. The van der Waals surface area contributed by atoms with Crippen LogP contribution in [0.25, 0.3) is 0 Å². The number of aromatic hydroxyl groups is 1. The molecular weight excluding hydrogens is 180 g/mol. The van der Waals surface area contributed by atoms with E-state index in [1.807, 2.05) is 6.07 Å². The fraction of sp³-hybridized carbons (Fsp3) is 0.300. The molecule has 1 aliphatic heterocycles. The van der Waals surface area contributed by atoms with Crippen molar-refractivity contribution in [2.24, 2.45) is 5.73 Å². The van der Waals surface area contributed by atoms with E-state index in [1.165, 1.54) is 6.07 Å². The Labute approximate surface area is 81.5 Å². The van der Waals surface area contributed by atoms with E-state index in [0.29, 0.717) is 29.9 Å². The second-order valence-corrected chi connectivity index (χ2v) is 3.26. The zero-order chi connectivity index (χ0) is 10.1. The number of phenolic OH excluding ortho intramolecular Hbond substituents is 1. The van der Waals surface area contributed by atoms with Crippen LogP contribution < -0.4 is 10.5 Å². The maximum absolute atomic E-state index is 9.63. The SMILES string of the molecule is N#Cc1cc(O)c2c(c1)OCCC2N. The molecule has 1 unspecified atom stereocenters. The Hall–Kier alpha value is -1.73. The summed E-state index contributed by atoms with van der Waals surface area (Å²) in [4.78, 5) is 0. The molecule has 0 radical (unpaired) electrons. The van der Waals surface area contributed by atoms with Crippen LogP contribution in [0.5, 0.6) is 11.5 Å². The van der Waals surface area contributed by atoms with Crippen LogP contribution in [0.4, 0.5) is 0 Å². The largest absolute Gasteiger partial charge is 0.507 e. The topological polar surface area (TPSA) is 79.3 Å². The Morgan fingerprint density at radius 3 is 3.07 bits per heavy atom. The van der Waals surface area contributed by atoms with Gasteiger partial charge in [0.1, 0.15) is 11.5 Å². The molecule has 1 atom stereocenters. The molecule has 4 nitrogen and oxygen atoms in total. The highest BCUT2D eigenvalue weighted by molar-refractivity contribution is 5.52. The maximum atomic E-state index is 9.63. The van der Waals surface area contributed by atoms with Gasteiger partial charge in [-0.25, -0.2) is 0 Å². The van der Waals surface area contributed by atoms with Crippen molar-refractivity contribution in [3.63, 3.8) is 0 Å². The van der Waals surface area contributed by atoms with Crippen molar-refractivity contribution in [3.05, 3.63) is 23.3 Å². The lowest BCUT2D eigenvalue weighted by Crippen LogP contribution is -2.20. The van der Waals surface area contributed by atoms with Crippen LogP contribution in [0.1, 0.15) is 23.6 Å². The van der Waals surface area contributed by atoms with Gasteiger partial charge in [-0.05, 0) is 12.1 Å². The van der Waals surface area contributed by atoms with Gasteiger partial charge < -0.3 is 15.6 Å². The average Bonchev–Trinajstić information content (AvgIpc) is 2.17. The third kappa shape index (κ3) is 1.28. The molecule has 0 fully saturated rings. The van der Waals surface area contributed by atoms with E-state index in [-0.39, 0.29) is 11.8 Å². The number of hydrogen-bond donors (Lipinski definition) is 2. The summed E-state index contributed by atoms with van der Waals surface area (Å²) in [5, 5.41) is 18.3. The summed E-state index contributed by atoms with van der Waals surface area (Å²) in [6.45, 7) is 0.530. The number of phenols is 1. The van der Waals surface area contributed by atoms with E-state index >= 15 is 0 Å². The van der Waals surface area contributed by atoms with Gasteiger partial charge in [0.05, 0.1) is 23.8 Å². The lowest BCUT2D eigenvalue weighted by molar-refractivity contribution is 0.264. The lowest BCUT2D eigenvalue weighted by atomic mass is 9.99. The number of nitrogens with two attached hydrogens (primary N) is 1. The van der Waals surface area contributed by atoms with Crippen LogP contribution in [0.3, 0.4) is 0 Å². The molecule has 1 heterocycles. The zero-order valence-electron chi connectivity index (χ0n) is 7.53. The second-order valence-electron chi connectivity index (χ2n) is 3.26. The van der Waals surface area contributed by atoms with Crippen molar-refractivity contribution >= 4 is 0 Å². The van der Waals surface area contributed by atoms with Gasteiger partial charge in [0, 0.05) is 12.5 Å². The normalized spacial score (nSPS) is 19.3. The molecule has 0 amide bonds. The fourth-order valence-corrected chi connectivity index (χ4v) is 1.61. The molecule has 0 bridgehead atoms. The second kappa shape index (κ2) is 3.20. The van der Waals surface area contributed by atoms with Gasteiger partial charge in [0.2, 0.25) is 0 Å². The van der Waals surface area contributed by atoms with Crippen molar-refractivity contribution in [2.75, 3.05) is 6.61 Å². The number of ether oxygens (including phenoxy) is 1. The summed E-state index contributed by atoms with van der Waals surface area (Å²) in [5.74, 6) is 0.576. The molecule has 1 aromatic rings. The van der Waals surface area contributed by atoms with Crippen molar-refractivity contribution in [2.45, 2.75) is 12.5 Å². The molecule has 2 rings (SSSR count). The molecule has 3 N–H and O–H groups in total. The van der Waals surface area contributed by atoms with E-state index < -0.39 is 0 Å². The number of nitriles is 1. The maximum Gasteiger partial charge on any atom is 0.129 e. The smallest absolute Gasteiger partial charge is 0.129 e. The monoisotopic (exact) mass is 190 g/mol. The van der Waals surface area contributed by atoms with Gasteiger partial charge in [-0.3, -0.25) is 0 Å². The van der Waals surface area contributed by atoms with Crippen LogP contribution >= 0.6 is 0 Å². The van der Waals surface area contributed by atoms with Gasteiger partial charge in [0.15, 0.2) is 0 Å². The van der Waals surface area contributed by atoms with E-state index in [0.717, 1.165) is 0 Å². The minimum Gasteiger partial charge on any atom is -0.507 e. The Bertz CT molecular complexity index is 409. The molecule has 0 aromatic heterocycles. The first-order chi connectivity index (χ1) is 6.72. The molecule has 0 saturated heterocycles. The highest BCUT2D eigenvalue weighted by atomic mass is 16.5. The summed E-state index contributed by atoms with van der Waals surface area (Å²) in [6.07, 6.45) is 0.687. The Kier molecular flexibility index (Phi) is 2.02. The van der Waals surface area contributed by atoms with Crippen molar-refractivity contribution in [1.82, 2.24) is 0 Å². The zero-order valence-corrected chi connectivity index (χ0v) is 7.53. The highest BCUT2D eigenvalue weighted by Gasteiger charge is 2.22. The number of benzene rings is 1. The predicted octanol–water partition coefficient (Wildman–Crippen LogP) is 1.05. The number of hydrogen-bond acceptors (Lipinski definition) is 4. The third-order valence-electron chi connectivity index (χ3n) is 2.31. The van der Waals surface area contributed by atoms with Crippen LogP contribution in [0.2, 0.25) is 0 Å². The molecule has 1 aliphatic rings. The molecule has 0 saturated carbocycles. The van der Waals surface area contributed by atoms with Gasteiger partial charge in [-0.2, -0.15) is 5.26 Å². The van der Waals surface area contributed by atoms with E-state index in [4.69, 9.17) is 15.7 Å². The lowest BCUT2D eigenvalue weighted by Gasteiger charge is -2.23. The Morgan fingerprint density at radius 1 is 1.57 bits per heavy atom. The summed E-state index contributed by atoms with van der Waals surface area (Å²) in [5.41, 5.74) is 6.81. The van der Waals surface area contributed by atoms with Crippen molar-refractivity contribution in [3.8, 4) is 17.6 Å². The third-order valence-corrected chi connectivity index (χ3v) is 2.31. The molecule has 0 spiro atoms. The highest BCUT2D eigenvalue weighted by Crippen LogP contribution is 2.37. The molecule has 4 heteroatoms. The molecular formula is C10H10N2O2. The summed E-state index contributed by atoms with van der Waals surface area (Å²) in [7, 11) is 0. The van der Waals surface area contributed by atoms with E-state index in [2.05, 4.69) is 0 Å². The minimum absolute atomic E-state index is 0.0475. The van der Waals surface area contributed by atoms with Crippen molar-refractivity contribution in [1.29, 1.82) is 5.26 Å². The number of nitrogens with zero attached hydrogens (tertiary/aromatic N) is 1. The van der Waals surface area contributed by atoms with Gasteiger partial charge in [-0.1, -0.05) is 0 Å². The van der Waals surface area contributed by atoms with Gasteiger partial charge in [0.25, 0.3) is 0 Å². The van der Waals surface area contributed by atoms with Crippen LogP contribution in [-0.4, -0.2) is 11.7 Å². The fourth-order valence-electron chi connectivity index (χ4n) is 1.61.